The van der Waals surface area contributed by atoms with Crippen molar-refractivity contribution >= 4 is 34.5 Å². The Morgan fingerprint density at radius 2 is 1.85 bits per heavy atom. The molecule has 132 valence electrons. The van der Waals surface area contributed by atoms with Gasteiger partial charge in [-0.15, -0.1) is 0 Å². The van der Waals surface area contributed by atoms with E-state index in [9.17, 15) is 9.90 Å². The van der Waals surface area contributed by atoms with E-state index in [0.29, 0.717) is 9.95 Å². The van der Waals surface area contributed by atoms with Crippen LogP contribution in [0.5, 0.6) is 0 Å². The van der Waals surface area contributed by atoms with Crippen LogP contribution in [0.3, 0.4) is 0 Å². The number of esters is 1. The number of benzene rings is 2. The van der Waals surface area contributed by atoms with Gasteiger partial charge in [-0.2, -0.15) is 0 Å². The molecule has 1 aliphatic rings. The minimum Gasteiger partial charge on any atom is -0.506 e. The Hall–Kier alpha value is -2.79. The van der Waals surface area contributed by atoms with Gasteiger partial charge in [-0.3, -0.25) is 0 Å². The summed E-state index contributed by atoms with van der Waals surface area (Å²) in [5.74, 6) is -0.661. The smallest absolute Gasteiger partial charge is 0.344 e. The summed E-state index contributed by atoms with van der Waals surface area (Å²) in [7, 11) is 0. The number of hydrogen-bond acceptors (Lipinski definition) is 5. The highest BCUT2D eigenvalue weighted by Gasteiger charge is 2.33. The number of hydrogen-bond donors (Lipinski definition) is 1. The van der Waals surface area contributed by atoms with E-state index >= 15 is 0 Å². The van der Waals surface area contributed by atoms with Gasteiger partial charge in [0.05, 0.1) is 17.2 Å². The first-order chi connectivity index (χ1) is 12.6. The summed E-state index contributed by atoms with van der Waals surface area (Å²) in [6.07, 6.45) is 1.83. The second-order valence-electron chi connectivity index (χ2n) is 5.67. The second kappa shape index (κ2) is 8.06. The monoisotopic (exact) mass is 365 g/mol. The van der Waals surface area contributed by atoms with Crippen molar-refractivity contribution in [1.82, 2.24) is 0 Å². The van der Waals surface area contributed by atoms with Crippen molar-refractivity contribution < 1.29 is 14.6 Å². The third-order valence-corrected chi connectivity index (χ3v) is 4.82. The Morgan fingerprint density at radius 1 is 1.15 bits per heavy atom. The Labute approximate surface area is 156 Å². The van der Waals surface area contributed by atoms with E-state index in [2.05, 4.69) is 4.99 Å². The molecule has 0 atom stereocenters. The Morgan fingerprint density at radius 3 is 2.54 bits per heavy atom. The zero-order valence-corrected chi connectivity index (χ0v) is 15.4. The molecule has 0 saturated heterocycles. The van der Waals surface area contributed by atoms with Gasteiger partial charge in [0.1, 0.15) is 16.4 Å². The summed E-state index contributed by atoms with van der Waals surface area (Å²) in [5, 5.41) is 11.1. The number of aliphatic hydroxyl groups excluding tert-OH is 1. The molecule has 2 aromatic carbocycles. The minimum absolute atomic E-state index is 0.0929. The number of rotatable bonds is 4. The number of thioether (sulfide) groups is 1. The Balaban J connectivity index is 2.06. The molecule has 0 aromatic heterocycles. The first kappa shape index (κ1) is 18.0. The van der Waals surface area contributed by atoms with Gasteiger partial charge in [0.25, 0.3) is 0 Å². The number of carbonyl (C=O) groups excluding carboxylic acids is 1. The maximum absolute atomic E-state index is 12.4. The van der Waals surface area contributed by atoms with Crippen LogP contribution in [-0.4, -0.2) is 22.7 Å². The first-order valence-corrected chi connectivity index (χ1v) is 9.11. The van der Waals surface area contributed by atoms with E-state index in [4.69, 9.17) is 4.74 Å². The number of para-hydroxylation sites is 1. The van der Waals surface area contributed by atoms with Gasteiger partial charge in [-0.1, -0.05) is 60.3 Å². The van der Waals surface area contributed by atoms with E-state index in [0.717, 1.165) is 16.8 Å². The molecule has 5 heteroatoms. The predicted molar refractivity (Wildman–Crippen MR) is 107 cm³/mol. The van der Waals surface area contributed by atoms with E-state index in [1.54, 1.807) is 6.92 Å². The van der Waals surface area contributed by atoms with E-state index in [1.165, 1.54) is 11.8 Å². The van der Waals surface area contributed by atoms with Crippen LogP contribution in [0.25, 0.3) is 6.08 Å². The molecule has 2 aromatic rings. The molecule has 26 heavy (non-hydrogen) atoms. The number of carbonyl (C=O) groups is 1. The highest BCUT2D eigenvalue weighted by molar-refractivity contribution is 8.18. The fourth-order valence-corrected chi connectivity index (χ4v) is 3.52. The van der Waals surface area contributed by atoms with Crippen molar-refractivity contribution in [3.05, 3.63) is 82.0 Å². The van der Waals surface area contributed by atoms with Gasteiger partial charge in [0, 0.05) is 0 Å². The van der Waals surface area contributed by atoms with E-state index in [1.807, 2.05) is 67.6 Å². The maximum Gasteiger partial charge on any atom is 0.344 e. The highest BCUT2D eigenvalue weighted by atomic mass is 32.2. The quantitative estimate of drug-likeness (QED) is 0.758. The van der Waals surface area contributed by atoms with Crippen LogP contribution < -0.4 is 0 Å². The fourth-order valence-electron chi connectivity index (χ4n) is 2.49. The van der Waals surface area contributed by atoms with Crippen LogP contribution in [0.1, 0.15) is 18.1 Å². The van der Waals surface area contributed by atoms with Crippen LogP contribution in [0.2, 0.25) is 0 Å². The lowest BCUT2D eigenvalue weighted by atomic mass is 10.1. The molecule has 0 saturated carbocycles. The van der Waals surface area contributed by atoms with Gasteiger partial charge < -0.3 is 9.84 Å². The summed E-state index contributed by atoms with van der Waals surface area (Å²) in [5.41, 5.74) is 2.79. The van der Waals surface area contributed by atoms with Crippen LogP contribution >= 0.6 is 11.8 Å². The third kappa shape index (κ3) is 3.89. The Bertz CT molecular complexity index is 914. The van der Waals surface area contributed by atoms with Crippen molar-refractivity contribution in [2.75, 3.05) is 6.61 Å². The van der Waals surface area contributed by atoms with Gasteiger partial charge >= 0.3 is 5.97 Å². The average molecular weight is 365 g/mol. The third-order valence-electron chi connectivity index (χ3n) is 3.81. The lowest BCUT2D eigenvalue weighted by molar-refractivity contribution is -0.138. The SMILES string of the molecule is CCOC(=O)C1=C(O)/C(=C\c2ccccc2)SC1=Nc1ccccc1C. The van der Waals surface area contributed by atoms with Gasteiger partial charge in [-0.05, 0) is 37.1 Å². The number of aliphatic imine (C=N–C) groups is 1. The number of ether oxygens (including phenoxy) is 1. The molecule has 0 fully saturated rings. The zero-order valence-electron chi connectivity index (χ0n) is 14.6. The van der Waals surface area contributed by atoms with E-state index in [-0.39, 0.29) is 17.9 Å². The predicted octanol–water partition coefficient (Wildman–Crippen LogP) is 5.19. The molecule has 1 aliphatic heterocycles. The standard InChI is InChI=1S/C21H19NO3S/c1-3-25-21(24)18-19(23)17(13-15-10-5-4-6-11-15)26-20(18)22-16-12-8-7-9-14(16)2/h4-13,23H,3H2,1-2H3/b17-13+,22-20?. The summed E-state index contributed by atoms with van der Waals surface area (Å²) in [6.45, 7) is 3.92. The van der Waals surface area contributed by atoms with Crippen LogP contribution in [0.15, 0.2) is 75.8 Å². The molecule has 0 aliphatic carbocycles. The molecule has 4 nitrogen and oxygen atoms in total. The minimum atomic E-state index is -0.568. The molecular weight excluding hydrogens is 346 g/mol. The molecule has 3 rings (SSSR count). The van der Waals surface area contributed by atoms with E-state index < -0.39 is 5.97 Å². The second-order valence-corrected chi connectivity index (χ2v) is 6.70. The van der Waals surface area contributed by atoms with Crippen molar-refractivity contribution in [3.63, 3.8) is 0 Å². The lowest BCUT2D eigenvalue weighted by Gasteiger charge is -2.05. The maximum atomic E-state index is 12.4. The molecule has 0 bridgehead atoms. The van der Waals surface area contributed by atoms with Crippen molar-refractivity contribution in [2.24, 2.45) is 4.99 Å². The topological polar surface area (TPSA) is 58.9 Å². The number of aliphatic hydroxyl groups is 1. The van der Waals surface area contributed by atoms with Crippen molar-refractivity contribution in [2.45, 2.75) is 13.8 Å². The van der Waals surface area contributed by atoms with Crippen LogP contribution in [0.4, 0.5) is 5.69 Å². The molecule has 0 spiro atoms. The molecule has 0 radical (unpaired) electrons. The number of nitrogens with zero attached hydrogens (tertiary/aromatic N) is 1. The average Bonchev–Trinajstić information content (AvgIpc) is 2.93. The zero-order chi connectivity index (χ0) is 18.5. The first-order valence-electron chi connectivity index (χ1n) is 8.30. The fraction of sp³-hybridized carbons (Fsp3) is 0.143. The van der Waals surface area contributed by atoms with Crippen molar-refractivity contribution in [3.8, 4) is 0 Å². The molecule has 0 amide bonds. The van der Waals surface area contributed by atoms with Crippen LogP contribution in [0, 0.1) is 6.92 Å². The highest BCUT2D eigenvalue weighted by Crippen LogP contribution is 2.40. The number of aryl methyl sites for hydroxylation is 1. The summed E-state index contributed by atoms with van der Waals surface area (Å²) in [6, 6.07) is 17.3. The van der Waals surface area contributed by atoms with Gasteiger partial charge in [-0.25, -0.2) is 9.79 Å². The lowest BCUT2D eigenvalue weighted by Crippen LogP contribution is -2.12. The Kier molecular flexibility index (Phi) is 5.58. The molecule has 0 unspecified atom stereocenters. The molecule has 1 heterocycles. The summed E-state index contributed by atoms with van der Waals surface area (Å²) < 4.78 is 5.11. The molecule has 1 N–H and O–H groups in total. The van der Waals surface area contributed by atoms with Crippen LogP contribution in [-0.2, 0) is 9.53 Å². The van der Waals surface area contributed by atoms with Crippen molar-refractivity contribution in [1.29, 1.82) is 0 Å². The molecular formula is C21H19NO3S. The summed E-state index contributed by atoms with van der Waals surface area (Å²) >= 11 is 1.27. The van der Waals surface area contributed by atoms with Gasteiger partial charge in [0.2, 0.25) is 0 Å². The largest absolute Gasteiger partial charge is 0.506 e. The van der Waals surface area contributed by atoms with Gasteiger partial charge in [0.15, 0.2) is 0 Å². The summed E-state index contributed by atoms with van der Waals surface area (Å²) in [4.78, 5) is 17.6. The normalized spacial score (nSPS) is 17.2.